The van der Waals surface area contributed by atoms with Gasteiger partial charge >= 0.3 is 5.97 Å². The molecule has 35 heavy (non-hydrogen) atoms. The second kappa shape index (κ2) is 10.8. The molecule has 0 aromatic heterocycles. The fourth-order valence-corrected chi connectivity index (χ4v) is 9.63. The summed E-state index contributed by atoms with van der Waals surface area (Å²) in [6.45, 7) is 4.57. The van der Waals surface area contributed by atoms with E-state index in [2.05, 4.69) is 22.5 Å². The van der Waals surface area contributed by atoms with Crippen molar-refractivity contribution in [2.45, 2.75) is 53.0 Å². The number of unbranched alkanes of at least 4 members (excludes halogenated alkanes) is 3. The van der Waals surface area contributed by atoms with Crippen LogP contribution in [0.1, 0.15) is 32.1 Å². The molecule has 1 spiro atoms. The molecule has 0 saturated carbocycles. The number of hydrogen-bond acceptors (Lipinski definition) is 5. The number of carbonyl (C=O) groups is 3. The number of fused-ring (bicyclic) bond motifs is 1. The number of aliphatic hydroxyl groups is 1. The minimum absolute atomic E-state index is 0.0826. The zero-order valence-electron chi connectivity index (χ0n) is 19.3. The van der Waals surface area contributed by atoms with E-state index in [1.165, 1.54) is 11.8 Å². The van der Waals surface area contributed by atoms with E-state index in [0.717, 1.165) is 12.8 Å². The second-order valence-electron chi connectivity index (χ2n) is 9.39. The topological polar surface area (TPSA) is 98.2 Å². The van der Waals surface area contributed by atoms with Gasteiger partial charge in [0.05, 0.1) is 16.6 Å². The lowest BCUT2D eigenvalue weighted by Gasteiger charge is -2.37. The zero-order chi connectivity index (χ0) is 25.3. The van der Waals surface area contributed by atoms with Crippen LogP contribution in [-0.2, 0) is 14.4 Å². The summed E-state index contributed by atoms with van der Waals surface area (Å²) >= 11 is 11.2. The largest absolute Gasteiger partial charge is 0.481 e. The number of anilines is 1. The maximum absolute atomic E-state index is 14.3. The number of rotatable bonds is 11. The lowest BCUT2D eigenvalue weighted by molar-refractivity contribution is -0.148. The summed E-state index contributed by atoms with van der Waals surface area (Å²) in [6, 6.07) is 6.19. The third-order valence-electron chi connectivity index (χ3n) is 7.33. The van der Waals surface area contributed by atoms with E-state index in [1.54, 1.807) is 40.1 Å². The zero-order valence-corrected chi connectivity index (χ0v) is 22.5. The van der Waals surface area contributed by atoms with Crippen molar-refractivity contribution in [3.63, 3.8) is 0 Å². The molecule has 3 aliphatic rings. The lowest BCUT2D eigenvalue weighted by atomic mass is 9.71. The van der Waals surface area contributed by atoms with Crippen LogP contribution in [0.15, 0.2) is 36.9 Å². The molecule has 2 N–H and O–H groups in total. The van der Waals surface area contributed by atoms with Crippen LogP contribution in [0, 0.1) is 11.8 Å². The number of likely N-dealkylation sites (tertiary alicyclic amines) is 1. The molecule has 0 radical (unpaired) electrons. The van der Waals surface area contributed by atoms with Crippen molar-refractivity contribution in [2.75, 3.05) is 24.6 Å². The first kappa shape index (κ1) is 26.5. The highest BCUT2D eigenvalue weighted by molar-refractivity contribution is 9.09. The predicted octanol–water partition coefficient (Wildman–Crippen LogP) is 3.96. The molecule has 3 fully saturated rings. The van der Waals surface area contributed by atoms with Crippen LogP contribution >= 0.6 is 39.3 Å². The average Bonchev–Trinajstić information content (AvgIpc) is 3.41. The first-order valence-electron chi connectivity index (χ1n) is 11.9. The average molecular weight is 586 g/mol. The number of halogens is 2. The molecule has 1 aromatic carbocycles. The van der Waals surface area contributed by atoms with Gasteiger partial charge < -0.3 is 20.0 Å². The first-order valence-corrected chi connectivity index (χ1v) is 14.1. The Kier molecular flexibility index (Phi) is 8.20. The van der Waals surface area contributed by atoms with Crippen LogP contribution in [0.3, 0.4) is 0 Å². The summed E-state index contributed by atoms with van der Waals surface area (Å²) in [5.41, 5.74) is 0.650. The smallest absolute Gasteiger partial charge is 0.308 e. The van der Waals surface area contributed by atoms with E-state index in [4.69, 9.17) is 16.7 Å². The minimum atomic E-state index is -0.983. The van der Waals surface area contributed by atoms with Gasteiger partial charge in [-0.3, -0.25) is 14.4 Å². The number of carboxylic acid groups (broad SMARTS) is 1. The molecule has 1 aromatic rings. The molecule has 3 heterocycles. The summed E-state index contributed by atoms with van der Waals surface area (Å²) in [7, 11) is 0. The van der Waals surface area contributed by atoms with Crippen LogP contribution in [0.5, 0.6) is 0 Å². The fourth-order valence-electron chi connectivity index (χ4n) is 5.90. The Morgan fingerprint density at radius 1 is 1.26 bits per heavy atom. The van der Waals surface area contributed by atoms with Gasteiger partial charge in [0, 0.05) is 40.5 Å². The maximum atomic E-state index is 14.3. The SMILES string of the molecule is C=CCN(C(=O)C1N(CCCCCCO)C(=O)[C@@H]2[C@H](C(=O)O)[C@H]3SC12CC3Br)c1ccc(Cl)cc1. The number of amides is 2. The van der Waals surface area contributed by atoms with Crippen molar-refractivity contribution in [2.24, 2.45) is 11.8 Å². The molecule has 2 amide bonds. The maximum Gasteiger partial charge on any atom is 0.308 e. The number of carboxylic acids is 1. The second-order valence-corrected chi connectivity index (χ2v) is 12.5. The number of nitrogens with zero attached hydrogens (tertiary/aromatic N) is 2. The third-order valence-corrected chi connectivity index (χ3v) is 10.8. The van der Waals surface area contributed by atoms with Crippen molar-refractivity contribution >= 4 is 62.8 Å². The lowest BCUT2D eigenvalue weighted by Crippen LogP contribution is -2.55. The van der Waals surface area contributed by atoms with E-state index in [9.17, 15) is 19.5 Å². The van der Waals surface area contributed by atoms with Gasteiger partial charge in [-0.1, -0.05) is 46.4 Å². The normalized spacial score (nSPS) is 31.0. The van der Waals surface area contributed by atoms with Crippen LogP contribution < -0.4 is 4.90 Å². The number of aliphatic hydroxyl groups excluding tert-OH is 1. The summed E-state index contributed by atoms with van der Waals surface area (Å²) in [4.78, 5) is 43.5. The van der Waals surface area contributed by atoms with Gasteiger partial charge in [-0.25, -0.2) is 0 Å². The number of alkyl halides is 1. The molecule has 10 heteroatoms. The summed E-state index contributed by atoms with van der Waals surface area (Å²) in [5.74, 6) is -3.00. The van der Waals surface area contributed by atoms with Gasteiger partial charge in [0.2, 0.25) is 5.91 Å². The van der Waals surface area contributed by atoms with Crippen molar-refractivity contribution in [1.29, 1.82) is 0 Å². The Morgan fingerprint density at radius 2 is 1.94 bits per heavy atom. The van der Waals surface area contributed by atoms with Gasteiger partial charge in [-0.15, -0.1) is 18.3 Å². The molecule has 3 aliphatic heterocycles. The Labute approximate surface area is 223 Å². The van der Waals surface area contributed by atoms with Gasteiger partial charge in [0.25, 0.3) is 5.91 Å². The van der Waals surface area contributed by atoms with E-state index in [0.29, 0.717) is 36.5 Å². The molecular formula is C25H30BrClN2O5S. The number of carbonyl (C=O) groups excluding carboxylic acids is 2. The number of thioether (sulfide) groups is 1. The van der Waals surface area contributed by atoms with Crippen LogP contribution in [0.2, 0.25) is 5.02 Å². The van der Waals surface area contributed by atoms with E-state index >= 15 is 0 Å². The van der Waals surface area contributed by atoms with Crippen molar-refractivity contribution in [1.82, 2.24) is 4.90 Å². The standard InChI is InChI=1S/C25H30BrClN2O5S/c1-2-11-28(16-9-7-15(27)8-10-16)23(32)21-25-14-17(26)20(35-25)18(24(33)34)19(25)22(31)29(21)12-5-3-4-6-13-30/h2,7-10,17-21,30H,1,3-6,11-14H2,(H,33,34)/t17?,18-,19-,20-,21?,25?/m0/s1. The van der Waals surface area contributed by atoms with Crippen LogP contribution in [0.4, 0.5) is 5.69 Å². The Hall–Kier alpha value is -1.55. The third kappa shape index (κ3) is 4.65. The van der Waals surface area contributed by atoms with E-state index < -0.39 is 28.6 Å². The van der Waals surface area contributed by atoms with Gasteiger partial charge in [-0.05, 0) is 43.5 Å². The van der Waals surface area contributed by atoms with Gasteiger partial charge in [0.1, 0.15) is 6.04 Å². The van der Waals surface area contributed by atoms with Crippen LogP contribution in [0.25, 0.3) is 0 Å². The molecule has 6 atom stereocenters. The summed E-state index contributed by atoms with van der Waals surface area (Å²) in [5, 5.41) is 19.4. The highest BCUT2D eigenvalue weighted by atomic mass is 79.9. The molecule has 7 nitrogen and oxygen atoms in total. The van der Waals surface area contributed by atoms with Crippen molar-refractivity contribution < 1.29 is 24.6 Å². The predicted molar refractivity (Wildman–Crippen MR) is 141 cm³/mol. The number of benzene rings is 1. The van der Waals surface area contributed by atoms with Gasteiger partial charge in [-0.2, -0.15) is 0 Å². The quantitative estimate of drug-likeness (QED) is 0.232. The number of hydrogen-bond donors (Lipinski definition) is 2. The van der Waals surface area contributed by atoms with Crippen molar-refractivity contribution in [3.05, 3.63) is 41.9 Å². The Morgan fingerprint density at radius 3 is 2.57 bits per heavy atom. The molecule has 3 saturated heterocycles. The molecule has 4 rings (SSSR count). The molecular weight excluding hydrogens is 556 g/mol. The monoisotopic (exact) mass is 584 g/mol. The highest BCUT2D eigenvalue weighted by Gasteiger charge is 2.76. The summed E-state index contributed by atoms with van der Waals surface area (Å²) < 4.78 is -0.799. The van der Waals surface area contributed by atoms with E-state index in [-0.39, 0.29) is 35.0 Å². The Bertz CT molecular complexity index is 995. The molecule has 0 aliphatic carbocycles. The number of aliphatic carboxylic acids is 1. The summed E-state index contributed by atoms with van der Waals surface area (Å²) in [6.07, 6.45) is 5.22. The fraction of sp³-hybridized carbons (Fsp3) is 0.560. The van der Waals surface area contributed by atoms with Gasteiger partial charge in [0.15, 0.2) is 0 Å². The molecule has 2 bridgehead atoms. The van der Waals surface area contributed by atoms with Crippen LogP contribution in [-0.4, -0.2) is 73.5 Å². The molecule has 3 unspecified atom stereocenters. The molecule has 190 valence electrons. The first-order chi connectivity index (χ1) is 16.8. The highest BCUT2D eigenvalue weighted by Crippen LogP contribution is 2.67. The Balaban J connectivity index is 1.71. The minimum Gasteiger partial charge on any atom is -0.481 e. The van der Waals surface area contributed by atoms with Crippen molar-refractivity contribution in [3.8, 4) is 0 Å². The van der Waals surface area contributed by atoms with E-state index in [1.807, 2.05) is 0 Å².